The van der Waals surface area contributed by atoms with Gasteiger partial charge in [0.15, 0.2) is 0 Å². The van der Waals surface area contributed by atoms with Gasteiger partial charge in [-0.15, -0.1) is 0 Å². The molecule has 0 unspecified atom stereocenters. The maximum Gasteiger partial charge on any atom is 0.225 e. The van der Waals surface area contributed by atoms with Gasteiger partial charge in [0.05, 0.1) is 13.2 Å². The molecule has 0 spiro atoms. The van der Waals surface area contributed by atoms with E-state index in [9.17, 15) is 9.59 Å². The summed E-state index contributed by atoms with van der Waals surface area (Å²) < 4.78 is 5.31. The van der Waals surface area contributed by atoms with E-state index in [0.717, 1.165) is 12.2 Å². The molecule has 2 amide bonds. The lowest BCUT2D eigenvalue weighted by Crippen LogP contribution is -2.46. The number of amides is 2. The highest BCUT2D eigenvalue weighted by Crippen LogP contribution is 2.35. The van der Waals surface area contributed by atoms with Crippen LogP contribution in [0.1, 0.15) is 58.2 Å². The second-order valence-corrected chi connectivity index (χ2v) is 7.85. The van der Waals surface area contributed by atoms with Crippen LogP contribution < -0.4 is 10.1 Å². The van der Waals surface area contributed by atoms with Gasteiger partial charge in [-0.25, -0.2) is 0 Å². The van der Waals surface area contributed by atoms with E-state index in [0.29, 0.717) is 13.0 Å². The molecular formula is C20H30N2O3. The third-order valence-corrected chi connectivity index (χ3v) is 4.80. The van der Waals surface area contributed by atoms with E-state index < -0.39 is 5.41 Å². The van der Waals surface area contributed by atoms with Crippen LogP contribution in [0.5, 0.6) is 5.75 Å². The maximum absolute atomic E-state index is 12.7. The number of carbonyl (C=O) groups excluding carboxylic acids is 2. The molecule has 0 bridgehead atoms. The molecule has 25 heavy (non-hydrogen) atoms. The van der Waals surface area contributed by atoms with Crippen molar-refractivity contribution in [2.75, 3.05) is 13.7 Å². The van der Waals surface area contributed by atoms with Crippen molar-refractivity contribution in [3.63, 3.8) is 0 Å². The predicted molar refractivity (Wildman–Crippen MR) is 98.5 cm³/mol. The Kier molecular flexibility index (Phi) is 5.76. The first-order chi connectivity index (χ1) is 11.6. The Hall–Kier alpha value is -2.04. The predicted octanol–water partition coefficient (Wildman–Crippen LogP) is 3.08. The third-order valence-electron chi connectivity index (χ3n) is 4.80. The summed E-state index contributed by atoms with van der Waals surface area (Å²) in [5.41, 5.74) is 1.97. The number of nitrogens with one attached hydrogen (secondary N) is 1. The van der Waals surface area contributed by atoms with Gasteiger partial charge in [0.25, 0.3) is 0 Å². The number of carbonyl (C=O) groups is 2. The van der Waals surface area contributed by atoms with Crippen LogP contribution >= 0.6 is 0 Å². The molecule has 1 N–H and O–H groups in total. The summed E-state index contributed by atoms with van der Waals surface area (Å²) in [5, 5.41) is 2.85. The van der Waals surface area contributed by atoms with Gasteiger partial charge < -0.3 is 15.0 Å². The van der Waals surface area contributed by atoms with E-state index in [1.165, 1.54) is 11.1 Å². The van der Waals surface area contributed by atoms with Crippen LogP contribution in [-0.2, 0) is 16.0 Å². The molecule has 2 atom stereocenters. The fourth-order valence-corrected chi connectivity index (χ4v) is 3.38. The zero-order chi connectivity index (χ0) is 18.8. The Morgan fingerprint density at radius 2 is 1.96 bits per heavy atom. The molecular weight excluding hydrogens is 316 g/mol. The Labute approximate surface area is 150 Å². The van der Waals surface area contributed by atoms with Gasteiger partial charge >= 0.3 is 0 Å². The number of ether oxygens (including phenoxy) is 1. The van der Waals surface area contributed by atoms with Crippen LogP contribution in [0.3, 0.4) is 0 Å². The van der Waals surface area contributed by atoms with Crippen LogP contribution in [0, 0.1) is 5.41 Å². The van der Waals surface area contributed by atoms with Gasteiger partial charge in [0.2, 0.25) is 11.8 Å². The number of fused-ring (bicyclic) bond motifs is 1. The molecule has 0 aromatic heterocycles. The van der Waals surface area contributed by atoms with Crippen LogP contribution in [0.25, 0.3) is 0 Å². The number of hydrogen-bond donors (Lipinski definition) is 1. The summed E-state index contributed by atoms with van der Waals surface area (Å²) in [4.78, 5) is 26.6. The maximum atomic E-state index is 12.7. The summed E-state index contributed by atoms with van der Waals surface area (Å²) in [6.45, 7) is 10.1. The molecule has 1 aromatic rings. The Bertz CT molecular complexity index is 649. The van der Waals surface area contributed by atoms with E-state index in [2.05, 4.69) is 25.2 Å². The summed E-state index contributed by atoms with van der Waals surface area (Å²) in [7, 11) is 1.67. The van der Waals surface area contributed by atoms with E-state index in [1.807, 2.05) is 37.8 Å². The molecule has 1 aliphatic heterocycles. The smallest absolute Gasteiger partial charge is 0.225 e. The number of rotatable bonds is 4. The highest BCUT2D eigenvalue weighted by atomic mass is 16.5. The van der Waals surface area contributed by atoms with E-state index in [-0.39, 0.29) is 23.9 Å². The second kappa shape index (κ2) is 7.46. The van der Waals surface area contributed by atoms with Gasteiger partial charge in [-0.2, -0.15) is 0 Å². The van der Waals surface area contributed by atoms with Crippen molar-refractivity contribution in [3.05, 3.63) is 29.3 Å². The Balaban J connectivity index is 2.03. The van der Waals surface area contributed by atoms with Crippen molar-refractivity contribution < 1.29 is 14.3 Å². The van der Waals surface area contributed by atoms with Crippen molar-refractivity contribution in [2.45, 2.75) is 59.5 Å². The third kappa shape index (κ3) is 4.33. The molecule has 1 heterocycles. The fourth-order valence-electron chi connectivity index (χ4n) is 3.38. The summed E-state index contributed by atoms with van der Waals surface area (Å²) in [6.07, 6.45) is 1.14. The number of hydrogen-bond acceptors (Lipinski definition) is 3. The molecule has 5 nitrogen and oxygen atoms in total. The highest BCUT2D eigenvalue weighted by molar-refractivity contribution is 5.82. The molecule has 0 aliphatic carbocycles. The van der Waals surface area contributed by atoms with Crippen molar-refractivity contribution in [3.8, 4) is 5.75 Å². The summed E-state index contributed by atoms with van der Waals surface area (Å²) in [5.74, 6) is 0.899. The summed E-state index contributed by atoms with van der Waals surface area (Å²) >= 11 is 0. The van der Waals surface area contributed by atoms with Gasteiger partial charge in [0, 0.05) is 24.4 Å². The molecule has 0 saturated carbocycles. The van der Waals surface area contributed by atoms with Crippen LogP contribution in [-0.4, -0.2) is 36.4 Å². The van der Waals surface area contributed by atoms with Crippen LogP contribution in [0.4, 0.5) is 0 Å². The number of nitrogens with zero attached hydrogens (tertiary/aromatic N) is 1. The Morgan fingerprint density at radius 3 is 2.56 bits per heavy atom. The molecule has 1 aromatic carbocycles. The highest BCUT2D eigenvalue weighted by Gasteiger charge is 2.32. The first-order valence-electron chi connectivity index (χ1n) is 8.91. The van der Waals surface area contributed by atoms with E-state index >= 15 is 0 Å². The zero-order valence-corrected chi connectivity index (χ0v) is 16.2. The second-order valence-electron chi connectivity index (χ2n) is 7.85. The minimum Gasteiger partial charge on any atom is -0.497 e. The molecule has 5 heteroatoms. The average Bonchev–Trinajstić information content (AvgIpc) is 2.53. The minimum atomic E-state index is -0.438. The van der Waals surface area contributed by atoms with Gasteiger partial charge in [-0.05, 0) is 43.5 Å². The lowest BCUT2D eigenvalue weighted by atomic mass is 9.89. The van der Waals surface area contributed by atoms with E-state index in [4.69, 9.17) is 4.74 Å². The van der Waals surface area contributed by atoms with Gasteiger partial charge in [-0.1, -0.05) is 26.8 Å². The van der Waals surface area contributed by atoms with Crippen molar-refractivity contribution in [2.24, 2.45) is 5.41 Å². The zero-order valence-electron chi connectivity index (χ0n) is 16.2. The first-order valence-corrected chi connectivity index (χ1v) is 8.91. The molecule has 0 radical (unpaired) electrons. The van der Waals surface area contributed by atoms with Crippen molar-refractivity contribution >= 4 is 11.8 Å². The van der Waals surface area contributed by atoms with Gasteiger partial charge in [0.1, 0.15) is 5.75 Å². The van der Waals surface area contributed by atoms with Crippen LogP contribution in [0.2, 0.25) is 0 Å². The Morgan fingerprint density at radius 1 is 1.28 bits per heavy atom. The van der Waals surface area contributed by atoms with Crippen molar-refractivity contribution in [1.82, 2.24) is 10.2 Å². The lowest BCUT2D eigenvalue weighted by molar-refractivity contribution is -0.136. The normalized spacial score (nSPS) is 20.0. The SMILES string of the molecule is COc1ccc2c(c1)C[C@H](C)N(C(=O)CCNC(=O)C(C)(C)C)[C@@H]2C. The minimum absolute atomic E-state index is 0.0236. The average molecular weight is 346 g/mol. The monoisotopic (exact) mass is 346 g/mol. The lowest BCUT2D eigenvalue weighted by Gasteiger charge is -2.40. The van der Waals surface area contributed by atoms with E-state index in [1.54, 1.807) is 7.11 Å². The number of benzene rings is 1. The first kappa shape index (κ1) is 19.3. The number of methoxy groups -OCH3 is 1. The van der Waals surface area contributed by atoms with Gasteiger partial charge in [-0.3, -0.25) is 9.59 Å². The standard InChI is InChI=1S/C20H30N2O3/c1-13-11-15-12-16(25-6)7-8-17(15)14(2)22(13)18(23)9-10-21-19(24)20(3,4)5/h7-8,12-14H,9-11H2,1-6H3,(H,21,24)/t13-,14+/m0/s1. The molecule has 1 aliphatic rings. The molecule has 0 fully saturated rings. The fraction of sp³-hybridized carbons (Fsp3) is 0.600. The molecule has 2 rings (SSSR count). The largest absolute Gasteiger partial charge is 0.497 e. The quantitative estimate of drug-likeness (QED) is 0.911. The van der Waals surface area contributed by atoms with Crippen LogP contribution in [0.15, 0.2) is 18.2 Å². The molecule has 0 saturated heterocycles. The topological polar surface area (TPSA) is 58.6 Å². The summed E-state index contributed by atoms with van der Waals surface area (Å²) in [6, 6.07) is 6.20. The van der Waals surface area contributed by atoms with Crippen molar-refractivity contribution in [1.29, 1.82) is 0 Å². The molecule has 138 valence electrons.